The van der Waals surface area contributed by atoms with E-state index in [0.29, 0.717) is 6.42 Å². The summed E-state index contributed by atoms with van der Waals surface area (Å²) in [4.78, 5) is 37.4. The monoisotopic (exact) mass is 303 g/mol. The number of amides is 2. The van der Waals surface area contributed by atoms with Crippen LogP contribution in [0.2, 0.25) is 0 Å². The van der Waals surface area contributed by atoms with Crippen molar-refractivity contribution in [1.82, 2.24) is 10.8 Å². The normalized spacial score (nSPS) is 12.9. The van der Waals surface area contributed by atoms with E-state index < -0.39 is 29.7 Å². The van der Waals surface area contributed by atoms with E-state index in [1.807, 2.05) is 0 Å². The van der Waals surface area contributed by atoms with E-state index in [1.54, 1.807) is 0 Å². The maximum absolute atomic E-state index is 11.7. The van der Waals surface area contributed by atoms with Gasteiger partial charge in [-0.2, -0.15) is 0 Å². The van der Waals surface area contributed by atoms with Crippen molar-refractivity contribution in [2.45, 2.75) is 32.2 Å². The van der Waals surface area contributed by atoms with Crippen molar-refractivity contribution >= 4 is 23.7 Å². The average molecular weight is 303 g/mol. The molecule has 10 heteroatoms. The minimum absolute atomic E-state index is 0.0884. The van der Waals surface area contributed by atoms with Gasteiger partial charge in [-0.3, -0.25) is 19.8 Å². The van der Waals surface area contributed by atoms with E-state index in [1.165, 1.54) is 12.4 Å². The van der Waals surface area contributed by atoms with E-state index in [-0.39, 0.29) is 25.3 Å². The van der Waals surface area contributed by atoms with Crippen molar-refractivity contribution in [3.05, 3.63) is 0 Å². The number of nitrogens with zero attached hydrogens (tertiary/aromatic N) is 1. The van der Waals surface area contributed by atoms with E-state index in [2.05, 4.69) is 10.3 Å². The highest BCUT2D eigenvalue weighted by Crippen LogP contribution is 2.05. The Morgan fingerprint density at radius 1 is 1.29 bits per heavy atom. The first-order chi connectivity index (χ1) is 9.77. The molecule has 2 amide bonds. The molecule has 0 radical (unpaired) electrons. The van der Waals surface area contributed by atoms with Crippen LogP contribution in [0.1, 0.15) is 26.2 Å². The lowest BCUT2D eigenvalue weighted by molar-refractivity contribution is -0.143. The largest absolute Gasteiger partial charge is 0.480 e. The average Bonchev–Trinajstić information content (AvgIpc) is 2.40. The highest BCUT2D eigenvalue weighted by molar-refractivity contribution is 5.88. The molecule has 21 heavy (non-hydrogen) atoms. The van der Waals surface area contributed by atoms with Gasteiger partial charge in [0.1, 0.15) is 6.04 Å². The summed E-state index contributed by atoms with van der Waals surface area (Å²) in [6, 6.07) is -1.09. The Labute approximate surface area is 121 Å². The molecule has 0 heterocycles. The minimum Gasteiger partial charge on any atom is -0.480 e. The smallest absolute Gasteiger partial charge is 0.326 e. The first-order valence-corrected chi connectivity index (χ1v) is 6.29. The van der Waals surface area contributed by atoms with E-state index >= 15 is 0 Å². The number of aliphatic imine (C=N–C) groups is 1. The van der Waals surface area contributed by atoms with Crippen molar-refractivity contribution in [1.29, 1.82) is 0 Å². The number of nitrogens with two attached hydrogens (primary N) is 2. The van der Waals surface area contributed by atoms with Crippen molar-refractivity contribution in [2.24, 2.45) is 22.4 Å². The molecule has 0 bridgehead atoms. The Balaban J connectivity index is 4.36. The van der Waals surface area contributed by atoms with Gasteiger partial charge in [-0.1, -0.05) is 6.92 Å². The summed E-state index contributed by atoms with van der Waals surface area (Å²) in [6.07, 6.45) is 0.278. The Morgan fingerprint density at radius 3 is 2.38 bits per heavy atom. The van der Waals surface area contributed by atoms with Gasteiger partial charge in [-0.15, -0.1) is 0 Å². The number of carboxylic acid groups (broad SMARTS) is 1. The zero-order valence-electron chi connectivity index (χ0n) is 11.7. The van der Waals surface area contributed by atoms with Crippen LogP contribution in [0, 0.1) is 5.92 Å². The molecule has 0 rings (SSSR count). The fraction of sp³-hybridized carbons (Fsp3) is 0.636. The van der Waals surface area contributed by atoms with Crippen molar-refractivity contribution in [3.8, 4) is 0 Å². The maximum Gasteiger partial charge on any atom is 0.326 e. The molecule has 1 unspecified atom stereocenters. The zero-order chi connectivity index (χ0) is 16.4. The van der Waals surface area contributed by atoms with Gasteiger partial charge >= 0.3 is 5.97 Å². The molecule has 0 spiro atoms. The van der Waals surface area contributed by atoms with Crippen LogP contribution >= 0.6 is 0 Å². The predicted octanol–water partition coefficient (Wildman–Crippen LogP) is -1.86. The lowest BCUT2D eigenvalue weighted by Gasteiger charge is -2.17. The fourth-order valence-electron chi connectivity index (χ4n) is 1.49. The molecule has 0 saturated carbocycles. The topological polar surface area (TPSA) is 180 Å². The summed E-state index contributed by atoms with van der Waals surface area (Å²) in [5.74, 6) is -3.36. The van der Waals surface area contributed by atoms with Crippen molar-refractivity contribution in [2.75, 3.05) is 6.54 Å². The third-order valence-electron chi connectivity index (χ3n) is 2.62. The van der Waals surface area contributed by atoms with E-state index in [4.69, 9.17) is 21.8 Å². The first kappa shape index (κ1) is 18.6. The summed E-state index contributed by atoms with van der Waals surface area (Å²) in [5, 5.41) is 19.7. The van der Waals surface area contributed by atoms with Crippen LogP contribution < -0.4 is 22.3 Å². The molecule has 120 valence electrons. The molecule has 0 aromatic rings. The summed E-state index contributed by atoms with van der Waals surface area (Å²) >= 11 is 0. The third kappa shape index (κ3) is 8.42. The minimum atomic E-state index is -1.19. The summed E-state index contributed by atoms with van der Waals surface area (Å²) in [7, 11) is 0. The second-order valence-electron chi connectivity index (χ2n) is 4.49. The number of nitrogens with one attached hydrogen (secondary N) is 2. The molecule has 0 aromatic carbocycles. The van der Waals surface area contributed by atoms with Gasteiger partial charge in [-0.25, -0.2) is 10.3 Å². The Hall–Kier alpha value is -2.36. The van der Waals surface area contributed by atoms with E-state index in [9.17, 15) is 14.4 Å². The highest BCUT2D eigenvalue weighted by Gasteiger charge is 2.23. The van der Waals surface area contributed by atoms with E-state index in [0.717, 1.165) is 0 Å². The first-order valence-electron chi connectivity index (χ1n) is 6.29. The molecule has 8 N–H and O–H groups in total. The quantitative estimate of drug-likeness (QED) is 0.0949. The number of guanidine groups is 1. The lowest BCUT2D eigenvalue weighted by Crippen LogP contribution is -2.44. The number of hydroxylamine groups is 1. The van der Waals surface area contributed by atoms with Gasteiger partial charge in [0, 0.05) is 18.9 Å². The molecule has 0 saturated heterocycles. The van der Waals surface area contributed by atoms with Crippen molar-refractivity contribution < 1.29 is 24.7 Å². The molecule has 0 aliphatic heterocycles. The highest BCUT2D eigenvalue weighted by atomic mass is 16.5. The zero-order valence-corrected chi connectivity index (χ0v) is 11.7. The number of rotatable bonds is 9. The maximum atomic E-state index is 11.7. The van der Waals surface area contributed by atoms with Gasteiger partial charge in [0.05, 0.1) is 0 Å². The van der Waals surface area contributed by atoms with Gasteiger partial charge in [0.2, 0.25) is 11.8 Å². The van der Waals surface area contributed by atoms with Crippen molar-refractivity contribution in [3.63, 3.8) is 0 Å². The number of carboxylic acids is 1. The second kappa shape index (κ2) is 9.53. The summed E-state index contributed by atoms with van der Waals surface area (Å²) in [6.45, 7) is 1.70. The summed E-state index contributed by atoms with van der Waals surface area (Å²) < 4.78 is 0. The van der Waals surface area contributed by atoms with Crippen LogP contribution in [0.3, 0.4) is 0 Å². The van der Waals surface area contributed by atoms with Gasteiger partial charge in [0.15, 0.2) is 5.96 Å². The third-order valence-corrected chi connectivity index (χ3v) is 2.62. The SMILES string of the molecule is CC(CC(=O)NO)C(=O)N[C@@H](CCCN=C(N)N)C(=O)O. The number of hydrogen-bond donors (Lipinski definition) is 6. The van der Waals surface area contributed by atoms with Crippen LogP contribution in [0.4, 0.5) is 0 Å². The number of aliphatic carboxylic acids is 1. The molecule has 0 aliphatic carbocycles. The van der Waals surface area contributed by atoms with Crippen LogP contribution in [0.15, 0.2) is 4.99 Å². The Bertz CT molecular complexity index is 408. The summed E-state index contributed by atoms with van der Waals surface area (Å²) in [5.41, 5.74) is 11.7. The Morgan fingerprint density at radius 2 is 1.90 bits per heavy atom. The second-order valence-corrected chi connectivity index (χ2v) is 4.49. The Kier molecular flexibility index (Phi) is 8.46. The molecular weight excluding hydrogens is 282 g/mol. The molecule has 0 aliphatic rings. The predicted molar refractivity (Wildman–Crippen MR) is 73.2 cm³/mol. The molecule has 0 fully saturated rings. The number of hydrogen-bond acceptors (Lipinski definition) is 5. The molecule has 2 atom stereocenters. The molecule has 10 nitrogen and oxygen atoms in total. The standard InChI is InChI=1S/C11H21N5O5/c1-6(5-8(17)16-21)9(18)15-7(10(19)20)3-2-4-14-11(12)13/h6-7,21H,2-5H2,1H3,(H,15,18)(H,16,17)(H,19,20)(H4,12,13,14)/t6?,7-/m0/s1. The lowest BCUT2D eigenvalue weighted by atomic mass is 10.1. The van der Waals surface area contributed by atoms with Crippen LogP contribution in [-0.4, -0.2) is 46.6 Å². The number of carbonyl (C=O) groups is 3. The fourth-order valence-corrected chi connectivity index (χ4v) is 1.49. The van der Waals surface area contributed by atoms with Crippen LogP contribution in [0.5, 0.6) is 0 Å². The van der Waals surface area contributed by atoms with Gasteiger partial charge in [-0.05, 0) is 12.8 Å². The van der Waals surface area contributed by atoms with Crippen LogP contribution in [-0.2, 0) is 14.4 Å². The molecule has 0 aromatic heterocycles. The van der Waals surface area contributed by atoms with Gasteiger partial charge < -0.3 is 21.9 Å². The number of carbonyl (C=O) groups excluding carboxylic acids is 2. The van der Waals surface area contributed by atoms with Crippen LogP contribution in [0.25, 0.3) is 0 Å². The van der Waals surface area contributed by atoms with Gasteiger partial charge in [0.25, 0.3) is 0 Å². The molecular formula is C11H21N5O5.